The Morgan fingerprint density at radius 1 is 1.32 bits per heavy atom. The van der Waals surface area contributed by atoms with Crippen molar-refractivity contribution in [2.24, 2.45) is 0 Å². The van der Waals surface area contributed by atoms with Crippen LogP contribution < -0.4 is 5.32 Å². The van der Waals surface area contributed by atoms with Crippen LogP contribution in [0.15, 0.2) is 4.52 Å². The van der Waals surface area contributed by atoms with Crippen LogP contribution in [0.4, 0.5) is 0 Å². The summed E-state index contributed by atoms with van der Waals surface area (Å²) in [4.78, 5) is 6.87. The molecule has 0 aromatic carbocycles. The number of nitrogens with zero attached hydrogens (tertiary/aromatic N) is 3. The SMILES string of the molecule is CN1CCNCC1c1noc(C2CCOCC2)n1.Cl. The molecule has 2 aliphatic rings. The van der Waals surface area contributed by atoms with Crippen molar-refractivity contribution >= 4 is 12.4 Å². The highest BCUT2D eigenvalue weighted by Crippen LogP contribution is 2.27. The predicted molar refractivity (Wildman–Crippen MR) is 72.6 cm³/mol. The number of piperazine rings is 1. The molecule has 0 aliphatic carbocycles. The van der Waals surface area contributed by atoms with Gasteiger partial charge in [-0.15, -0.1) is 12.4 Å². The average molecular weight is 289 g/mol. The van der Waals surface area contributed by atoms with Gasteiger partial charge in [-0.3, -0.25) is 4.90 Å². The molecule has 0 saturated carbocycles. The van der Waals surface area contributed by atoms with Gasteiger partial charge in [-0.25, -0.2) is 0 Å². The minimum atomic E-state index is 0. The molecular formula is C12H21ClN4O2. The molecule has 1 aromatic heterocycles. The molecule has 1 atom stereocenters. The van der Waals surface area contributed by atoms with Crippen LogP contribution in [0.1, 0.15) is 36.5 Å². The van der Waals surface area contributed by atoms with Crippen molar-refractivity contribution in [2.45, 2.75) is 24.8 Å². The van der Waals surface area contributed by atoms with Crippen LogP contribution in [0.3, 0.4) is 0 Å². The normalized spacial score (nSPS) is 26.1. The molecule has 1 N–H and O–H groups in total. The lowest BCUT2D eigenvalue weighted by molar-refractivity contribution is 0.0778. The van der Waals surface area contributed by atoms with Gasteiger partial charge < -0.3 is 14.6 Å². The van der Waals surface area contributed by atoms with Crippen LogP contribution >= 0.6 is 12.4 Å². The van der Waals surface area contributed by atoms with E-state index in [1.54, 1.807) is 0 Å². The Hall–Kier alpha value is -0.690. The van der Waals surface area contributed by atoms with Crippen LogP contribution in [0, 0.1) is 0 Å². The Morgan fingerprint density at radius 2 is 2.11 bits per heavy atom. The first kappa shape index (κ1) is 14.7. The zero-order valence-corrected chi connectivity index (χ0v) is 12.0. The Morgan fingerprint density at radius 3 is 2.84 bits per heavy atom. The van der Waals surface area contributed by atoms with Gasteiger partial charge in [0.05, 0.1) is 6.04 Å². The van der Waals surface area contributed by atoms with Gasteiger partial charge in [-0.1, -0.05) is 5.16 Å². The molecule has 2 aliphatic heterocycles. The van der Waals surface area contributed by atoms with E-state index in [-0.39, 0.29) is 18.4 Å². The monoisotopic (exact) mass is 288 g/mol. The van der Waals surface area contributed by atoms with Crippen molar-refractivity contribution < 1.29 is 9.26 Å². The van der Waals surface area contributed by atoms with E-state index in [4.69, 9.17) is 9.26 Å². The quantitative estimate of drug-likeness (QED) is 0.875. The molecule has 6 nitrogen and oxygen atoms in total. The lowest BCUT2D eigenvalue weighted by Crippen LogP contribution is -2.44. The van der Waals surface area contributed by atoms with Gasteiger partial charge >= 0.3 is 0 Å². The summed E-state index contributed by atoms with van der Waals surface area (Å²) in [6.45, 7) is 4.53. The van der Waals surface area contributed by atoms with E-state index in [0.29, 0.717) is 5.92 Å². The topological polar surface area (TPSA) is 63.4 Å². The first-order valence-corrected chi connectivity index (χ1v) is 6.67. The van der Waals surface area contributed by atoms with Gasteiger partial charge in [0.1, 0.15) is 0 Å². The fourth-order valence-corrected chi connectivity index (χ4v) is 2.59. The molecule has 1 unspecified atom stereocenters. The second-order valence-corrected chi connectivity index (χ2v) is 5.08. The number of aromatic nitrogens is 2. The Labute approximate surface area is 119 Å². The molecule has 0 bridgehead atoms. The van der Waals surface area contributed by atoms with Crippen molar-refractivity contribution in [1.29, 1.82) is 0 Å². The summed E-state index contributed by atoms with van der Waals surface area (Å²) in [6.07, 6.45) is 1.97. The third-order valence-electron chi connectivity index (χ3n) is 3.84. The Balaban J connectivity index is 0.00000133. The summed E-state index contributed by atoms with van der Waals surface area (Å²) in [5.74, 6) is 1.97. The molecule has 2 fully saturated rings. The highest BCUT2D eigenvalue weighted by molar-refractivity contribution is 5.85. The third-order valence-corrected chi connectivity index (χ3v) is 3.84. The summed E-state index contributed by atoms with van der Waals surface area (Å²) >= 11 is 0. The largest absolute Gasteiger partial charge is 0.381 e. The first-order valence-electron chi connectivity index (χ1n) is 6.67. The van der Waals surface area contributed by atoms with Crippen molar-refractivity contribution in [2.75, 3.05) is 39.9 Å². The van der Waals surface area contributed by atoms with Gasteiger partial charge in [-0.05, 0) is 19.9 Å². The molecule has 19 heavy (non-hydrogen) atoms. The Kier molecular flexibility index (Phi) is 5.15. The van der Waals surface area contributed by atoms with Crippen molar-refractivity contribution in [1.82, 2.24) is 20.4 Å². The predicted octanol–water partition coefficient (Wildman–Crippen LogP) is 0.961. The lowest BCUT2D eigenvalue weighted by atomic mass is 10.0. The maximum atomic E-state index is 5.43. The number of nitrogens with one attached hydrogen (secondary N) is 1. The molecule has 0 spiro atoms. The maximum absolute atomic E-state index is 5.43. The zero-order chi connectivity index (χ0) is 12.4. The third kappa shape index (κ3) is 3.25. The second kappa shape index (κ2) is 6.65. The number of likely N-dealkylation sites (N-methyl/N-ethyl adjacent to an activating group) is 1. The summed E-state index contributed by atoms with van der Waals surface area (Å²) in [5, 5.41) is 7.53. The molecule has 7 heteroatoms. The summed E-state index contributed by atoms with van der Waals surface area (Å²) in [6, 6.07) is 0.232. The average Bonchev–Trinajstić information content (AvgIpc) is 2.90. The smallest absolute Gasteiger partial charge is 0.229 e. The van der Waals surface area contributed by atoms with Crippen LogP contribution in [-0.4, -0.2) is 54.9 Å². The second-order valence-electron chi connectivity index (χ2n) is 5.08. The number of hydrogen-bond acceptors (Lipinski definition) is 6. The van der Waals surface area contributed by atoms with Gasteiger partial charge in [-0.2, -0.15) is 4.98 Å². The number of rotatable bonds is 2. The number of hydrogen-bond donors (Lipinski definition) is 1. The molecule has 0 radical (unpaired) electrons. The van der Waals surface area contributed by atoms with Crippen molar-refractivity contribution in [3.63, 3.8) is 0 Å². The van der Waals surface area contributed by atoms with Gasteiger partial charge in [0.15, 0.2) is 5.82 Å². The highest BCUT2D eigenvalue weighted by atomic mass is 35.5. The van der Waals surface area contributed by atoms with E-state index in [1.807, 2.05) is 0 Å². The molecule has 2 saturated heterocycles. The molecule has 3 heterocycles. The highest BCUT2D eigenvalue weighted by Gasteiger charge is 2.28. The van der Waals surface area contributed by atoms with E-state index in [1.165, 1.54) is 0 Å². The molecule has 3 rings (SSSR count). The summed E-state index contributed by atoms with van der Waals surface area (Å²) in [7, 11) is 2.11. The first-order chi connectivity index (χ1) is 8.84. The lowest BCUT2D eigenvalue weighted by Gasteiger charge is -2.30. The molecular weight excluding hydrogens is 268 g/mol. The van der Waals surface area contributed by atoms with E-state index in [0.717, 1.165) is 57.4 Å². The Bertz CT molecular complexity index is 395. The molecule has 0 amide bonds. The van der Waals surface area contributed by atoms with E-state index in [2.05, 4.69) is 27.4 Å². The van der Waals surface area contributed by atoms with Crippen LogP contribution in [0.2, 0.25) is 0 Å². The molecule has 108 valence electrons. The van der Waals surface area contributed by atoms with Crippen LogP contribution in [0.25, 0.3) is 0 Å². The van der Waals surface area contributed by atoms with Crippen LogP contribution in [0.5, 0.6) is 0 Å². The minimum Gasteiger partial charge on any atom is -0.381 e. The van der Waals surface area contributed by atoms with E-state index in [9.17, 15) is 0 Å². The standard InChI is InChI=1S/C12H20N4O2.ClH/c1-16-5-4-13-8-10(16)11-14-12(18-15-11)9-2-6-17-7-3-9;/h9-10,13H,2-8H2,1H3;1H. The van der Waals surface area contributed by atoms with E-state index >= 15 is 0 Å². The minimum absolute atomic E-state index is 0. The molecule has 1 aromatic rings. The van der Waals surface area contributed by atoms with Crippen LogP contribution in [-0.2, 0) is 4.74 Å². The number of ether oxygens (including phenoxy) is 1. The van der Waals surface area contributed by atoms with Gasteiger partial charge in [0, 0.05) is 38.8 Å². The summed E-state index contributed by atoms with van der Waals surface area (Å²) in [5.41, 5.74) is 0. The summed E-state index contributed by atoms with van der Waals surface area (Å²) < 4.78 is 10.8. The fourth-order valence-electron chi connectivity index (χ4n) is 2.59. The zero-order valence-electron chi connectivity index (χ0n) is 11.2. The van der Waals surface area contributed by atoms with Gasteiger partial charge in [0.25, 0.3) is 0 Å². The fraction of sp³-hybridized carbons (Fsp3) is 0.833. The van der Waals surface area contributed by atoms with Gasteiger partial charge in [0.2, 0.25) is 5.89 Å². The number of halogens is 1. The van der Waals surface area contributed by atoms with E-state index < -0.39 is 0 Å². The maximum Gasteiger partial charge on any atom is 0.229 e. The van der Waals surface area contributed by atoms with Crippen molar-refractivity contribution in [3.8, 4) is 0 Å². The van der Waals surface area contributed by atoms with Crippen molar-refractivity contribution in [3.05, 3.63) is 11.7 Å².